The Morgan fingerprint density at radius 2 is 1.83 bits per heavy atom. The molecule has 5 nitrogen and oxygen atoms in total. The largest absolute Gasteiger partial charge is 0.478 e. The third-order valence-electron chi connectivity index (χ3n) is 3.87. The Morgan fingerprint density at radius 1 is 1.17 bits per heavy atom. The molecule has 1 heterocycles. The Labute approximate surface area is 135 Å². The first-order valence-electron chi connectivity index (χ1n) is 7.66. The van der Waals surface area contributed by atoms with E-state index >= 15 is 0 Å². The molecule has 0 bridgehead atoms. The van der Waals surface area contributed by atoms with Gasteiger partial charge in [-0.25, -0.2) is 4.79 Å². The molecule has 2 aromatic rings. The zero-order valence-corrected chi connectivity index (χ0v) is 13.7. The maximum absolute atomic E-state index is 12.2. The molecule has 0 aliphatic rings. The Bertz CT molecular complexity index is 715. The summed E-state index contributed by atoms with van der Waals surface area (Å²) in [5.74, 6) is -1.17. The highest BCUT2D eigenvalue weighted by Gasteiger charge is 2.20. The summed E-state index contributed by atoms with van der Waals surface area (Å²) in [4.78, 5) is 23.6. The number of amides is 1. The number of aromatic nitrogens is 1. The molecule has 1 aromatic heterocycles. The fraction of sp³-hybridized carbons (Fsp3) is 0.333. The molecule has 0 atom stereocenters. The van der Waals surface area contributed by atoms with Crippen LogP contribution in [0.1, 0.15) is 39.7 Å². The lowest BCUT2D eigenvalue weighted by Gasteiger charge is -2.09. The lowest BCUT2D eigenvalue weighted by molar-refractivity contribution is -0.120. The number of aromatic carboxylic acids is 1. The lowest BCUT2D eigenvalue weighted by Crippen LogP contribution is -2.26. The van der Waals surface area contributed by atoms with Crippen LogP contribution in [0.3, 0.4) is 0 Å². The Kier molecular flexibility index (Phi) is 5.21. The van der Waals surface area contributed by atoms with Crippen LogP contribution in [0.4, 0.5) is 0 Å². The van der Waals surface area contributed by atoms with Gasteiger partial charge in [0.05, 0.1) is 12.0 Å². The fourth-order valence-corrected chi connectivity index (χ4v) is 2.63. The average Bonchev–Trinajstić information content (AvgIpc) is 2.82. The van der Waals surface area contributed by atoms with E-state index in [1.165, 1.54) is 5.56 Å². The molecule has 23 heavy (non-hydrogen) atoms. The van der Waals surface area contributed by atoms with Crippen molar-refractivity contribution >= 4 is 11.9 Å². The van der Waals surface area contributed by atoms with Crippen LogP contribution in [0.5, 0.6) is 0 Å². The molecule has 0 saturated heterocycles. The van der Waals surface area contributed by atoms with Crippen LogP contribution in [0.25, 0.3) is 0 Å². The van der Waals surface area contributed by atoms with Crippen LogP contribution in [-0.2, 0) is 24.3 Å². The number of nitrogens with one attached hydrogen (secondary N) is 1. The van der Waals surface area contributed by atoms with Gasteiger partial charge in [-0.2, -0.15) is 0 Å². The van der Waals surface area contributed by atoms with Crippen molar-refractivity contribution < 1.29 is 14.7 Å². The van der Waals surface area contributed by atoms with Crippen molar-refractivity contribution in [2.24, 2.45) is 0 Å². The second kappa shape index (κ2) is 7.13. The van der Waals surface area contributed by atoms with Gasteiger partial charge < -0.3 is 15.0 Å². The molecule has 0 saturated carbocycles. The number of hydrogen-bond acceptors (Lipinski definition) is 2. The molecule has 5 heteroatoms. The third kappa shape index (κ3) is 4.00. The molecule has 2 rings (SSSR count). The molecule has 2 N–H and O–H groups in total. The summed E-state index contributed by atoms with van der Waals surface area (Å²) in [6, 6.07) is 7.93. The summed E-state index contributed by atoms with van der Waals surface area (Å²) in [5, 5.41) is 12.2. The number of nitrogens with zero attached hydrogens (tertiary/aromatic N) is 1. The molecular weight excluding hydrogens is 292 g/mol. The second-order valence-corrected chi connectivity index (χ2v) is 5.66. The molecule has 0 fully saturated rings. The maximum atomic E-state index is 12.2. The second-order valence-electron chi connectivity index (χ2n) is 5.66. The van der Waals surface area contributed by atoms with E-state index in [0.717, 1.165) is 5.56 Å². The standard InChI is InChI=1S/C18H22N2O3/c1-4-20-11-13(3)17(18(22)23)15(20)9-16(21)19-10-14-7-5-12(2)6-8-14/h5-8,11H,4,9-10H2,1-3H3,(H,19,21)(H,22,23). The van der Waals surface area contributed by atoms with Gasteiger partial charge in [0.2, 0.25) is 5.91 Å². The minimum absolute atomic E-state index is 0.0647. The number of carbonyl (C=O) groups is 2. The fourth-order valence-electron chi connectivity index (χ4n) is 2.63. The maximum Gasteiger partial charge on any atom is 0.337 e. The van der Waals surface area contributed by atoms with Crippen molar-refractivity contribution in [1.29, 1.82) is 0 Å². The molecule has 0 unspecified atom stereocenters. The smallest absolute Gasteiger partial charge is 0.337 e. The zero-order valence-electron chi connectivity index (χ0n) is 13.7. The molecule has 0 aliphatic heterocycles. The van der Waals surface area contributed by atoms with Crippen molar-refractivity contribution in [1.82, 2.24) is 9.88 Å². The van der Waals surface area contributed by atoms with Crippen LogP contribution >= 0.6 is 0 Å². The van der Waals surface area contributed by atoms with E-state index in [0.29, 0.717) is 24.3 Å². The summed E-state index contributed by atoms with van der Waals surface area (Å²) >= 11 is 0. The van der Waals surface area contributed by atoms with E-state index < -0.39 is 5.97 Å². The topological polar surface area (TPSA) is 71.3 Å². The molecular formula is C18H22N2O3. The van der Waals surface area contributed by atoms with Crippen molar-refractivity contribution in [3.63, 3.8) is 0 Å². The van der Waals surface area contributed by atoms with Crippen LogP contribution in [0, 0.1) is 13.8 Å². The number of carbonyl (C=O) groups excluding carboxylic acids is 1. The van der Waals surface area contributed by atoms with Gasteiger partial charge in [0.1, 0.15) is 0 Å². The highest BCUT2D eigenvalue weighted by atomic mass is 16.4. The highest BCUT2D eigenvalue weighted by Crippen LogP contribution is 2.18. The Balaban J connectivity index is 2.08. The number of benzene rings is 1. The van der Waals surface area contributed by atoms with E-state index in [4.69, 9.17) is 0 Å². The van der Waals surface area contributed by atoms with Gasteiger partial charge in [-0.3, -0.25) is 4.79 Å². The number of carboxylic acid groups (broad SMARTS) is 1. The number of hydrogen-bond donors (Lipinski definition) is 2. The molecule has 0 aliphatic carbocycles. The average molecular weight is 314 g/mol. The van der Waals surface area contributed by atoms with Gasteiger partial charge in [-0.05, 0) is 31.9 Å². The van der Waals surface area contributed by atoms with Crippen LogP contribution in [0.2, 0.25) is 0 Å². The van der Waals surface area contributed by atoms with Crippen molar-refractivity contribution in [3.8, 4) is 0 Å². The molecule has 0 radical (unpaired) electrons. The number of rotatable bonds is 6. The third-order valence-corrected chi connectivity index (χ3v) is 3.87. The molecule has 1 amide bonds. The van der Waals surface area contributed by atoms with E-state index in [9.17, 15) is 14.7 Å². The minimum atomic E-state index is -0.990. The lowest BCUT2D eigenvalue weighted by atomic mass is 10.1. The summed E-state index contributed by atoms with van der Waals surface area (Å²) < 4.78 is 1.82. The summed E-state index contributed by atoms with van der Waals surface area (Å²) in [7, 11) is 0. The Hall–Kier alpha value is -2.56. The quantitative estimate of drug-likeness (QED) is 0.861. The van der Waals surface area contributed by atoms with Crippen LogP contribution in [0.15, 0.2) is 30.5 Å². The van der Waals surface area contributed by atoms with E-state index in [-0.39, 0.29) is 17.9 Å². The first kappa shape index (κ1) is 16.8. The summed E-state index contributed by atoms with van der Waals surface area (Å²) in [5.41, 5.74) is 3.66. The van der Waals surface area contributed by atoms with Crippen molar-refractivity contribution in [3.05, 3.63) is 58.4 Å². The summed E-state index contributed by atoms with van der Waals surface area (Å²) in [6.45, 7) is 6.77. The monoisotopic (exact) mass is 314 g/mol. The highest BCUT2D eigenvalue weighted by molar-refractivity contribution is 5.93. The van der Waals surface area contributed by atoms with E-state index in [2.05, 4.69) is 5.32 Å². The molecule has 1 aromatic carbocycles. The van der Waals surface area contributed by atoms with Gasteiger partial charge in [0.15, 0.2) is 0 Å². The minimum Gasteiger partial charge on any atom is -0.478 e. The van der Waals surface area contributed by atoms with Gasteiger partial charge in [-0.15, -0.1) is 0 Å². The van der Waals surface area contributed by atoms with Gasteiger partial charge >= 0.3 is 5.97 Å². The Morgan fingerprint density at radius 3 is 2.39 bits per heavy atom. The predicted molar refractivity (Wildman–Crippen MR) is 88.5 cm³/mol. The zero-order chi connectivity index (χ0) is 17.0. The van der Waals surface area contributed by atoms with Crippen LogP contribution in [-0.4, -0.2) is 21.6 Å². The normalized spacial score (nSPS) is 10.6. The van der Waals surface area contributed by atoms with E-state index in [1.54, 1.807) is 13.1 Å². The SMILES string of the molecule is CCn1cc(C)c(C(=O)O)c1CC(=O)NCc1ccc(C)cc1. The molecule has 122 valence electrons. The van der Waals surface area contributed by atoms with Gasteiger partial charge in [-0.1, -0.05) is 29.8 Å². The summed E-state index contributed by atoms with van der Waals surface area (Å²) in [6.07, 6.45) is 1.85. The predicted octanol–water partition coefficient (Wildman–Crippen LogP) is 2.68. The van der Waals surface area contributed by atoms with Crippen molar-refractivity contribution in [2.75, 3.05) is 0 Å². The van der Waals surface area contributed by atoms with Crippen LogP contribution < -0.4 is 5.32 Å². The number of carboxylic acids is 1. The molecule has 0 spiro atoms. The van der Waals surface area contributed by atoms with E-state index in [1.807, 2.05) is 42.7 Å². The van der Waals surface area contributed by atoms with Crippen molar-refractivity contribution in [2.45, 2.75) is 40.3 Å². The first-order valence-corrected chi connectivity index (χ1v) is 7.66. The number of aryl methyl sites for hydroxylation is 3. The first-order chi connectivity index (χ1) is 10.9. The van der Waals surface area contributed by atoms with Gasteiger partial charge in [0.25, 0.3) is 0 Å². The van der Waals surface area contributed by atoms with Gasteiger partial charge in [0, 0.05) is 25.0 Å².